The van der Waals surface area contributed by atoms with Crippen molar-refractivity contribution in [3.63, 3.8) is 0 Å². The van der Waals surface area contributed by atoms with Crippen LogP contribution in [0, 0.1) is 0 Å². The molecule has 2 N–H and O–H groups in total. The molecule has 0 aliphatic heterocycles. The van der Waals surface area contributed by atoms with Gasteiger partial charge < -0.3 is 15.4 Å². The van der Waals surface area contributed by atoms with E-state index in [2.05, 4.69) is 10.6 Å². The Morgan fingerprint density at radius 1 is 0.966 bits per heavy atom. The first-order chi connectivity index (χ1) is 13.9. The van der Waals surface area contributed by atoms with Gasteiger partial charge in [0.1, 0.15) is 0 Å². The molecular weight excluding hydrogens is 396 g/mol. The molecule has 29 heavy (non-hydrogen) atoms. The molecule has 0 aliphatic carbocycles. The Kier molecular flexibility index (Phi) is 8.36. The molecule has 0 saturated heterocycles. The van der Waals surface area contributed by atoms with Gasteiger partial charge in [-0.15, -0.1) is 0 Å². The molecule has 2 rings (SSSR count). The van der Waals surface area contributed by atoms with Gasteiger partial charge in [0, 0.05) is 34.8 Å². The Hall–Kier alpha value is -3.19. The van der Waals surface area contributed by atoms with Gasteiger partial charge in [-0.2, -0.15) is 0 Å². The number of carbonyl (C=O) groups excluding carboxylic acids is 4. The Labute approximate surface area is 173 Å². The normalized spacial score (nSPS) is 10.1. The molecule has 2 amide bonds. The second kappa shape index (κ2) is 11.0. The fourth-order valence-electron chi connectivity index (χ4n) is 2.41. The summed E-state index contributed by atoms with van der Waals surface area (Å²) in [5.41, 5.74) is 1.27. The van der Waals surface area contributed by atoms with Crippen LogP contribution >= 0.6 is 11.6 Å². The van der Waals surface area contributed by atoms with Crippen LogP contribution in [0.4, 0.5) is 5.69 Å². The lowest BCUT2D eigenvalue weighted by Crippen LogP contribution is -2.23. The number of ketones is 1. The van der Waals surface area contributed by atoms with E-state index >= 15 is 0 Å². The number of nitrogens with one attached hydrogen (secondary N) is 2. The lowest BCUT2D eigenvalue weighted by molar-refractivity contribution is -0.147. The molecule has 2 aromatic carbocycles. The number of benzene rings is 2. The number of anilines is 1. The summed E-state index contributed by atoms with van der Waals surface area (Å²) in [6.07, 6.45) is -0.169. The molecule has 8 heteroatoms. The van der Waals surface area contributed by atoms with Gasteiger partial charge in [-0.05, 0) is 49.4 Å². The molecule has 0 heterocycles. The maximum absolute atomic E-state index is 12.0. The van der Waals surface area contributed by atoms with E-state index in [-0.39, 0.29) is 24.5 Å². The Balaban J connectivity index is 1.76. The number of ether oxygens (including phenoxy) is 1. The molecule has 0 unspecified atom stereocenters. The van der Waals surface area contributed by atoms with Crippen LogP contribution < -0.4 is 10.6 Å². The third kappa shape index (κ3) is 7.38. The predicted molar refractivity (Wildman–Crippen MR) is 109 cm³/mol. The molecule has 0 atom stereocenters. The van der Waals surface area contributed by atoms with Crippen molar-refractivity contribution in [2.45, 2.75) is 19.8 Å². The minimum absolute atomic E-state index is 0.0311. The molecule has 0 fully saturated rings. The van der Waals surface area contributed by atoms with Crippen LogP contribution in [0.5, 0.6) is 0 Å². The summed E-state index contributed by atoms with van der Waals surface area (Å²) in [4.78, 5) is 47.6. The SMILES string of the molecule is CCNC(=O)c1cccc(NC(=O)COC(=O)CCC(=O)c2ccc(Cl)cc2)c1. The van der Waals surface area contributed by atoms with Crippen LogP contribution in [-0.2, 0) is 14.3 Å². The van der Waals surface area contributed by atoms with Crippen LogP contribution in [-0.4, -0.2) is 36.7 Å². The molecule has 0 bridgehead atoms. The molecule has 0 radical (unpaired) electrons. The standard InChI is InChI=1S/C21H21ClN2O5/c1-2-23-21(28)15-4-3-5-17(12-15)24-19(26)13-29-20(27)11-10-18(25)14-6-8-16(22)9-7-14/h3-9,12H,2,10-11,13H2,1H3,(H,23,28)(H,24,26). The summed E-state index contributed by atoms with van der Waals surface area (Å²) in [5.74, 6) is -1.67. The molecule has 0 saturated carbocycles. The van der Waals surface area contributed by atoms with Gasteiger partial charge in [0.15, 0.2) is 12.4 Å². The number of rotatable bonds is 9. The summed E-state index contributed by atoms with van der Waals surface area (Å²) < 4.78 is 4.89. The summed E-state index contributed by atoms with van der Waals surface area (Å²) >= 11 is 5.77. The van der Waals surface area contributed by atoms with E-state index in [0.717, 1.165) is 0 Å². The highest BCUT2D eigenvalue weighted by molar-refractivity contribution is 6.30. The lowest BCUT2D eigenvalue weighted by Gasteiger charge is -2.08. The second-order valence-electron chi connectivity index (χ2n) is 6.08. The Morgan fingerprint density at radius 2 is 1.69 bits per heavy atom. The van der Waals surface area contributed by atoms with Crippen LogP contribution in [0.2, 0.25) is 5.02 Å². The number of Topliss-reactive ketones (excluding diaryl/α,β-unsaturated/α-hetero) is 1. The minimum atomic E-state index is -0.654. The maximum atomic E-state index is 12.0. The molecular formula is C21H21ClN2O5. The molecule has 0 aromatic heterocycles. The highest BCUT2D eigenvalue weighted by Gasteiger charge is 2.13. The number of amides is 2. The van der Waals surface area contributed by atoms with Gasteiger partial charge in [-0.3, -0.25) is 19.2 Å². The van der Waals surface area contributed by atoms with Gasteiger partial charge in [-0.1, -0.05) is 17.7 Å². The molecule has 2 aromatic rings. The smallest absolute Gasteiger partial charge is 0.306 e. The van der Waals surface area contributed by atoms with Crippen LogP contribution in [0.25, 0.3) is 0 Å². The lowest BCUT2D eigenvalue weighted by atomic mass is 10.1. The van der Waals surface area contributed by atoms with E-state index in [1.807, 2.05) is 0 Å². The van der Waals surface area contributed by atoms with Crippen molar-refractivity contribution in [1.82, 2.24) is 5.32 Å². The summed E-state index contributed by atoms with van der Waals surface area (Å²) in [6.45, 7) is 1.81. The van der Waals surface area contributed by atoms with Crippen molar-refractivity contribution in [1.29, 1.82) is 0 Å². The van der Waals surface area contributed by atoms with Gasteiger partial charge in [0.2, 0.25) is 0 Å². The van der Waals surface area contributed by atoms with Gasteiger partial charge >= 0.3 is 5.97 Å². The number of hydrogen-bond acceptors (Lipinski definition) is 5. The van der Waals surface area contributed by atoms with Gasteiger partial charge in [-0.25, -0.2) is 0 Å². The quantitative estimate of drug-likeness (QED) is 0.482. The van der Waals surface area contributed by atoms with Crippen LogP contribution in [0.15, 0.2) is 48.5 Å². The number of halogens is 1. The van der Waals surface area contributed by atoms with E-state index in [9.17, 15) is 19.2 Å². The zero-order valence-corrected chi connectivity index (χ0v) is 16.6. The van der Waals surface area contributed by atoms with Crippen molar-refractivity contribution < 1.29 is 23.9 Å². The van der Waals surface area contributed by atoms with Crippen molar-refractivity contribution in [3.05, 3.63) is 64.7 Å². The number of hydrogen-bond donors (Lipinski definition) is 2. The molecule has 0 aliphatic rings. The average molecular weight is 417 g/mol. The van der Waals surface area contributed by atoms with Crippen molar-refractivity contribution in [3.8, 4) is 0 Å². The third-order valence-corrected chi connectivity index (χ3v) is 4.08. The van der Waals surface area contributed by atoms with E-state index in [0.29, 0.717) is 28.4 Å². The van der Waals surface area contributed by atoms with Crippen LogP contribution in [0.1, 0.15) is 40.5 Å². The fourth-order valence-corrected chi connectivity index (χ4v) is 2.54. The van der Waals surface area contributed by atoms with Crippen molar-refractivity contribution in [2.75, 3.05) is 18.5 Å². The largest absolute Gasteiger partial charge is 0.456 e. The topological polar surface area (TPSA) is 102 Å². The van der Waals surface area contributed by atoms with Crippen molar-refractivity contribution >= 4 is 40.9 Å². The molecule has 0 spiro atoms. The number of carbonyl (C=O) groups is 4. The average Bonchev–Trinajstić information content (AvgIpc) is 2.71. The molecule has 7 nitrogen and oxygen atoms in total. The fraction of sp³-hybridized carbons (Fsp3) is 0.238. The van der Waals surface area contributed by atoms with E-state index < -0.39 is 18.5 Å². The summed E-state index contributed by atoms with van der Waals surface area (Å²) in [7, 11) is 0. The Morgan fingerprint density at radius 3 is 2.38 bits per heavy atom. The first-order valence-corrected chi connectivity index (χ1v) is 9.39. The van der Waals surface area contributed by atoms with Gasteiger partial charge in [0.05, 0.1) is 6.42 Å². The third-order valence-electron chi connectivity index (χ3n) is 3.83. The zero-order valence-electron chi connectivity index (χ0n) is 15.9. The summed E-state index contributed by atoms with van der Waals surface area (Å²) in [5, 5.41) is 5.74. The Bertz CT molecular complexity index is 896. The van der Waals surface area contributed by atoms with Crippen LogP contribution in [0.3, 0.4) is 0 Å². The molecule has 152 valence electrons. The summed E-state index contributed by atoms with van der Waals surface area (Å²) in [6, 6.07) is 12.8. The first kappa shape index (κ1) is 22.1. The monoisotopic (exact) mass is 416 g/mol. The zero-order chi connectivity index (χ0) is 21.2. The first-order valence-electron chi connectivity index (χ1n) is 9.01. The van der Waals surface area contributed by atoms with E-state index in [4.69, 9.17) is 16.3 Å². The second-order valence-corrected chi connectivity index (χ2v) is 6.52. The van der Waals surface area contributed by atoms with E-state index in [1.54, 1.807) is 49.4 Å². The predicted octanol–water partition coefficient (Wildman–Crippen LogP) is 3.23. The van der Waals surface area contributed by atoms with E-state index in [1.165, 1.54) is 6.07 Å². The van der Waals surface area contributed by atoms with Crippen molar-refractivity contribution in [2.24, 2.45) is 0 Å². The maximum Gasteiger partial charge on any atom is 0.306 e. The highest BCUT2D eigenvalue weighted by atomic mass is 35.5. The highest BCUT2D eigenvalue weighted by Crippen LogP contribution is 2.13. The number of esters is 1. The van der Waals surface area contributed by atoms with Gasteiger partial charge in [0.25, 0.3) is 11.8 Å². The minimum Gasteiger partial charge on any atom is -0.456 e.